The minimum atomic E-state index is -0.555. The van der Waals surface area contributed by atoms with Crippen molar-refractivity contribution in [2.75, 3.05) is 39.4 Å². The lowest BCUT2D eigenvalue weighted by Gasteiger charge is -2.32. The molecule has 0 aliphatic carbocycles. The number of carbonyl (C=O) groups excluding carboxylic acids is 3. The number of hydrogen-bond acceptors (Lipinski definition) is 6. The number of hydroxylamine groups is 2. The normalized spacial score (nSPS) is 17.9. The molecule has 0 atom stereocenters. The van der Waals surface area contributed by atoms with Crippen molar-refractivity contribution >= 4 is 39.6 Å². The number of aromatic amines is 1. The van der Waals surface area contributed by atoms with Gasteiger partial charge in [-0.15, -0.1) is 5.06 Å². The van der Waals surface area contributed by atoms with Crippen molar-refractivity contribution in [1.82, 2.24) is 14.9 Å². The third-order valence-corrected chi connectivity index (χ3v) is 7.29. The van der Waals surface area contributed by atoms with Gasteiger partial charge in [-0.1, -0.05) is 6.07 Å². The largest absolute Gasteiger partial charge is 0.378 e. The van der Waals surface area contributed by atoms with Gasteiger partial charge in [0.15, 0.2) is 0 Å². The van der Waals surface area contributed by atoms with Crippen LogP contribution in [0.15, 0.2) is 30.3 Å². The van der Waals surface area contributed by atoms with E-state index in [-0.39, 0.29) is 17.8 Å². The van der Waals surface area contributed by atoms with Crippen LogP contribution in [0.3, 0.4) is 0 Å². The Hall–Kier alpha value is -3.43. The third-order valence-electron chi connectivity index (χ3n) is 7.29. The first-order chi connectivity index (χ1) is 17.6. The van der Waals surface area contributed by atoms with Crippen molar-refractivity contribution in [1.29, 1.82) is 0 Å². The highest BCUT2D eigenvalue weighted by Gasteiger charge is 2.29. The van der Waals surface area contributed by atoms with Crippen LogP contribution in [-0.4, -0.2) is 72.1 Å². The summed E-state index contributed by atoms with van der Waals surface area (Å²) < 4.78 is 5.36. The smallest absolute Gasteiger partial charge is 0.330 e. The zero-order valence-electron chi connectivity index (χ0n) is 21.6. The molecule has 0 radical (unpaired) electrons. The van der Waals surface area contributed by atoms with Crippen LogP contribution in [0, 0.1) is 5.41 Å². The van der Waals surface area contributed by atoms with Gasteiger partial charge in [0.05, 0.1) is 29.7 Å². The van der Waals surface area contributed by atoms with Crippen LogP contribution in [0.5, 0.6) is 0 Å². The summed E-state index contributed by atoms with van der Waals surface area (Å²) >= 11 is 0. The number of benzene rings is 2. The van der Waals surface area contributed by atoms with E-state index in [0.29, 0.717) is 56.0 Å². The van der Waals surface area contributed by atoms with Crippen LogP contribution >= 0.6 is 0 Å². The second kappa shape index (κ2) is 9.79. The number of nitrogens with two attached hydrogens (primary N) is 1. The number of nitrogens with one attached hydrogen (secondary N) is 1. The summed E-state index contributed by atoms with van der Waals surface area (Å²) in [6.07, 6.45) is 1.59. The molecule has 2 aromatic carbocycles. The molecule has 1 aromatic heterocycles. The minimum absolute atomic E-state index is 0.0291. The van der Waals surface area contributed by atoms with E-state index >= 15 is 0 Å². The molecule has 0 saturated carbocycles. The SMILES string of the molecule is CC(C)(C)C(=O)ON1CCC(c2cc(C(N)=O)c3[nH]c4cc(C(=O)N5CCOCC5)ccc4c3c2)CC1. The fraction of sp³-hybridized carbons (Fsp3) is 0.464. The molecule has 2 aliphatic rings. The number of fused-ring (bicyclic) bond motifs is 3. The maximum absolute atomic E-state index is 13.0. The lowest BCUT2D eigenvalue weighted by atomic mass is 9.88. The van der Waals surface area contributed by atoms with Crippen molar-refractivity contribution in [3.63, 3.8) is 0 Å². The van der Waals surface area contributed by atoms with E-state index in [9.17, 15) is 14.4 Å². The van der Waals surface area contributed by atoms with E-state index in [1.165, 1.54) is 0 Å². The van der Waals surface area contributed by atoms with Crippen LogP contribution in [0.25, 0.3) is 21.8 Å². The number of ether oxygens (including phenoxy) is 1. The Labute approximate surface area is 215 Å². The summed E-state index contributed by atoms with van der Waals surface area (Å²) in [5.41, 5.74) is 8.78. The Morgan fingerprint density at radius 2 is 1.70 bits per heavy atom. The van der Waals surface area contributed by atoms with E-state index in [2.05, 4.69) is 11.1 Å². The highest BCUT2D eigenvalue weighted by molar-refractivity contribution is 6.16. The fourth-order valence-electron chi connectivity index (χ4n) is 5.08. The Morgan fingerprint density at radius 1 is 1.00 bits per heavy atom. The summed E-state index contributed by atoms with van der Waals surface area (Å²) in [5.74, 6) is -0.564. The van der Waals surface area contributed by atoms with Gasteiger partial charge in [-0.2, -0.15) is 0 Å². The van der Waals surface area contributed by atoms with Crippen LogP contribution in [0.1, 0.15) is 65.8 Å². The second-order valence-corrected chi connectivity index (χ2v) is 11.0. The minimum Gasteiger partial charge on any atom is -0.378 e. The molecule has 2 aliphatic heterocycles. The third kappa shape index (κ3) is 5.06. The van der Waals surface area contributed by atoms with Gasteiger partial charge in [-0.3, -0.25) is 9.59 Å². The first-order valence-corrected chi connectivity index (χ1v) is 12.9. The molecule has 2 saturated heterocycles. The zero-order valence-corrected chi connectivity index (χ0v) is 21.6. The predicted octanol–water partition coefficient (Wildman–Crippen LogP) is 3.58. The number of nitrogens with zero attached hydrogens (tertiary/aromatic N) is 2. The molecule has 5 rings (SSSR count). The summed E-state index contributed by atoms with van der Waals surface area (Å²) in [4.78, 5) is 48.4. The second-order valence-electron chi connectivity index (χ2n) is 11.0. The molecule has 2 fully saturated rings. The Morgan fingerprint density at radius 3 is 2.35 bits per heavy atom. The quantitative estimate of drug-likeness (QED) is 0.559. The molecular formula is C28H34N4O5. The van der Waals surface area contributed by atoms with Crippen molar-refractivity contribution in [3.8, 4) is 0 Å². The van der Waals surface area contributed by atoms with E-state index in [1.54, 1.807) is 9.96 Å². The van der Waals surface area contributed by atoms with Crippen LogP contribution in [-0.2, 0) is 14.4 Å². The monoisotopic (exact) mass is 506 g/mol. The molecule has 3 heterocycles. The number of morpholine rings is 1. The van der Waals surface area contributed by atoms with Gasteiger partial charge in [0.1, 0.15) is 0 Å². The van der Waals surface area contributed by atoms with Gasteiger partial charge in [0.2, 0.25) is 0 Å². The molecule has 9 nitrogen and oxygen atoms in total. The highest BCUT2D eigenvalue weighted by Crippen LogP contribution is 2.35. The van der Waals surface area contributed by atoms with Gasteiger partial charge >= 0.3 is 5.97 Å². The molecule has 196 valence electrons. The van der Waals surface area contributed by atoms with Crippen molar-refractivity contribution in [3.05, 3.63) is 47.0 Å². The number of H-pyrrole nitrogens is 1. The van der Waals surface area contributed by atoms with Crippen LogP contribution in [0.2, 0.25) is 0 Å². The number of piperidine rings is 1. The van der Waals surface area contributed by atoms with Crippen molar-refractivity contribution < 1.29 is 24.0 Å². The van der Waals surface area contributed by atoms with E-state index in [1.807, 2.05) is 45.0 Å². The van der Waals surface area contributed by atoms with Crippen molar-refractivity contribution in [2.45, 2.75) is 39.5 Å². The number of carbonyl (C=O) groups is 3. The molecule has 2 amide bonds. The highest BCUT2D eigenvalue weighted by atomic mass is 16.7. The molecule has 0 spiro atoms. The van der Waals surface area contributed by atoms with Gasteiger partial charge < -0.3 is 25.2 Å². The Kier molecular flexibility index (Phi) is 6.68. The molecule has 37 heavy (non-hydrogen) atoms. The predicted molar refractivity (Wildman–Crippen MR) is 140 cm³/mol. The average molecular weight is 507 g/mol. The fourth-order valence-corrected chi connectivity index (χ4v) is 5.08. The summed E-state index contributed by atoms with van der Waals surface area (Å²) in [5, 5.41) is 3.58. The van der Waals surface area contributed by atoms with Gasteiger partial charge in [0, 0.05) is 48.0 Å². The molecule has 9 heteroatoms. The Bertz CT molecular complexity index is 1360. The summed E-state index contributed by atoms with van der Waals surface area (Å²) in [6.45, 7) is 9.00. The van der Waals surface area contributed by atoms with E-state index in [4.69, 9.17) is 15.3 Å². The summed E-state index contributed by atoms with van der Waals surface area (Å²) in [6, 6.07) is 9.61. The molecule has 3 N–H and O–H groups in total. The maximum Gasteiger partial charge on any atom is 0.330 e. The van der Waals surface area contributed by atoms with E-state index < -0.39 is 11.3 Å². The molecular weight excluding hydrogens is 472 g/mol. The Balaban J connectivity index is 1.42. The number of primary amides is 1. The number of hydrogen-bond donors (Lipinski definition) is 2. The number of aromatic nitrogens is 1. The van der Waals surface area contributed by atoms with Crippen molar-refractivity contribution in [2.24, 2.45) is 11.1 Å². The maximum atomic E-state index is 13.0. The molecule has 3 aromatic rings. The number of amides is 2. The zero-order chi connectivity index (χ0) is 26.3. The van der Waals surface area contributed by atoms with E-state index in [0.717, 1.165) is 34.7 Å². The van der Waals surface area contributed by atoms with Crippen LogP contribution < -0.4 is 5.73 Å². The lowest BCUT2D eigenvalue weighted by Crippen LogP contribution is -2.40. The standard InChI is InChI=1S/C28H34N4O5/c1-28(2,3)27(35)37-32-8-6-17(7-9-32)19-14-21-20-5-4-18(26(34)31-10-12-36-13-11-31)16-23(20)30-24(21)22(15-19)25(29)33/h4-5,14-17,30H,6-13H2,1-3H3,(H2,29,33). The van der Waals surface area contributed by atoms with Gasteiger partial charge in [0.25, 0.3) is 11.8 Å². The van der Waals surface area contributed by atoms with Gasteiger partial charge in [-0.05, 0) is 69.4 Å². The average Bonchev–Trinajstić information content (AvgIpc) is 3.25. The first kappa shape index (κ1) is 25.2. The van der Waals surface area contributed by atoms with Gasteiger partial charge in [-0.25, -0.2) is 4.79 Å². The summed E-state index contributed by atoms with van der Waals surface area (Å²) in [7, 11) is 0. The molecule has 0 bridgehead atoms. The first-order valence-electron chi connectivity index (χ1n) is 12.9. The topological polar surface area (TPSA) is 118 Å². The van der Waals surface area contributed by atoms with Crippen LogP contribution in [0.4, 0.5) is 0 Å². The lowest BCUT2D eigenvalue weighted by molar-refractivity contribution is -0.204. The number of rotatable bonds is 4. The molecule has 0 unspecified atom stereocenters.